The smallest absolute Gasteiger partial charge is 0.165 e. The third-order valence-corrected chi connectivity index (χ3v) is 1.70. The summed E-state index contributed by atoms with van der Waals surface area (Å²) in [5.41, 5.74) is 0. The predicted molar refractivity (Wildman–Crippen MR) is 44.1 cm³/mol. The average molecular weight is 320 g/mol. The van der Waals surface area contributed by atoms with Gasteiger partial charge < -0.3 is 4.42 Å². The van der Waals surface area contributed by atoms with Gasteiger partial charge in [-0.3, -0.25) is 0 Å². The van der Waals surface area contributed by atoms with Crippen molar-refractivity contribution >= 4 is 45.2 Å². The molecule has 38 valence electrons. The Labute approximate surface area is 68.7 Å². The van der Waals surface area contributed by atoms with Crippen molar-refractivity contribution in [1.29, 1.82) is 0 Å². The zero-order valence-electron chi connectivity index (χ0n) is 3.32. The normalized spacial score (nSPS) is 9.43. The Balaban J connectivity index is 3.04. The van der Waals surface area contributed by atoms with Crippen LogP contribution in [0, 0.1) is 7.53 Å². The molecule has 0 spiro atoms. The molecule has 3 heteroatoms. The Bertz CT molecular complexity index is 142. The Morgan fingerprint density at radius 2 is 1.57 bits per heavy atom. The first-order valence-corrected chi connectivity index (χ1v) is 3.85. The molecule has 0 N–H and O–H groups in total. The van der Waals surface area contributed by atoms with Crippen LogP contribution in [0.2, 0.25) is 0 Å². The van der Waals surface area contributed by atoms with Gasteiger partial charge in [-0.05, 0) is 57.3 Å². The van der Waals surface area contributed by atoms with Crippen LogP contribution in [0.4, 0.5) is 0 Å². The van der Waals surface area contributed by atoms with Gasteiger partial charge in [0.25, 0.3) is 0 Å². The zero-order chi connectivity index (χ0) is 5.28. The van der Waals surface area contributed by atoms with Crippen molar-refractivity contribution in [2.75, 3.05) is 0 Å². The highest BCUT2D eigenvalue weighted by Gasteiger charge is 1.89. The Hall–Kier alpha value is 0.740. The Kier molecular flexibility index (Phi) is 1.96. The summed E-state index contributed by atoms with van der Waals surface area (Å²) in [6, 6.07) is 3.87. The molecule has 0 aromatic carbocycles. The quantitative estimate of drug-likeness (QED) is 0.670. The van der Waals surface area contributed by atoms with Crippen LogP contribution in [0.1, 0.15) is 0 Å². The van der Waals surface area contributed by atoms with Crippen LogP contribution in [0.15, 0.2) is 16.5 Å². The first-order valence-electron chi connectivity index (χ1n) is 1.70. The molecule has 7 heavy (non-hydrogen) atoms. The number of furan rings is 1. The molecule has 1 rings (SSSR count). The summed E-state index contributed by atoms with van der Waals surface area (Å²) in [7, 11) is 0. The van der Waals surface area contributed by atoms with Crippen molar-refractivity contribution in [2.24, 2.45) is 0 Å². The van der Waals surface area contributed by atoms with Gasteiger partial charge >= 0.3 is 0 Å². The van der Waals surface area contributed by atoms with Gasteiger partial charge in [0.1, 0.15) is 0 Å². The van der Waals surface area contributed by atoms with E-state index >= 15 is 0 Å². The molecule has 0 saturated heterocycles. The second-order valence-electron chi connectivity index (χ2n) is 1.04. The fraction of sp³-hybridized carbons (Fsp3) is 0. The number of halogens is 2. The fourth-order valence-electron chi connectivity index (χ4n) is 0.292. The highest BCUT2D eigenvalue weighted by Crippen LogP contribution is 2.10. The summed E-state index contributed by atoms with van der Waals surface area (Å²) in [6.07, 6.45) is 0. The first kappa shape index (κ1) is 5.87. The molecule has 0 unspecified atom stereocenters. The Morgan fingerprint density at radius 1 is 1.14 bits per heavy atom. The molecule has 0 bridgehead atoms. The monoisotopic (exact) mass is 320 g/mol. The minimum absolute atomic E-state index is 0.946. The van der Waals surface area contributed by atoms with E-state index in [-0.39, 0.29) is 0 Å². The van der Waals surface area contributed by atoms with Crippen LogP contribution in [0.25, 0.3) is 0 Å². The SMILES string of the molecule is Ic1ccc(I)o1. The topological polar surface area (TPSA) is 13.1 Å². The molecule has 0 aliphatic carbocycles. The van der Waals surface area contributed by atoms with Crippen molar-refractivity contribution in [1.82, 2.24) is 0 Å². The van der Waals surface area contributed by atoms with E-state index in [9.17, 15) is 0 Å². The molecule has 0 fully saturated rings. The lowest BCUT2D eigenvalue weighted by molar-refractivity contribution is 0.510. The van der Waals surface area contributed by atoms with Gasteiger partial charge in [-0.1, -0.05) is 0 Å². The molecular formula is C4H2I2O. The van der Waals surface area contributed by atoms with Crippen molar-refractivity contribution in [2.45, 2.75) is 0 Å². The van der Waals surface area contributed by atoms with Gasteiger partial charge in [0, 0.05) is 0 Å². The molecular weight excluding hydrogens is 318 g/mol. The van der Waals surface area contributed by atoms with Crippen LogP contribution in [0.5, 0.6) is 0 Å². The summed E-state index contributed by atoms with van der Waals surface area (Å²) < 4.78 is 6.95. The lowest BCUT2D eigenvalue weighted by atomic mass is 10.7. The average Bonchev–Trinajstić information content (AvgIpc) is 1.87. The van der Waals surface area contributed by atoms with Crippen molar-refractivity contribution < 1.29 is 4.42 Å². The van der Waals surface area contributed by atoms with Gasteiger partial charge in [0.2, 0.25) is 0 Å². The van der Waals surface area contributed by atoms with Gasteiger partial charge in [0.05, 0.1) is 0 Å². The highest BCUT2D eigenvalue weighted by molar-refractivity contribution is 14.1. The summed E-state index contributed by atoms with van der Waals surface area (Å²) in [5.74, 6) is 0. The highest BCUT2D eigenvalue weighted by atomic mass is 127. The second kappa shape index (κ2) is 2.34. The first-order chi connectivity index (χ1) is 3.29. The van der Waals surface area contributed by atoms with Crippen molar-refractivity contribution in [3.8, 4) is 0 Å². The molecule has 0 aliphatic heterocycles. The lowest BCUT2D eigenvalue weighted by Gasteiger charge is -1.72. The van der Waals surface area contributed by atoms with E-state index in [0.717, 1.165) is 7.53 Å². The molecule has 0 saturated carbocycles. The molecule has 1 aromatic heterocycles. The fourth-order valence-corrected chi connectivity index (χ4v) is 1.55. The number of rotatable bonds is 0. The lowest BCUT2D eigenvalue weighted by Crippen LogP contribution is -1.50. The van der Waals surface area contributed by atoms with Crippen LogP contribution in [-0.2, 0) is 0 Å². The van der Waals surface area contributed by atoms with Gasteiger partial charge in [-0.25, -0.2) is 0 Å². The summed E-state index contributed by atoms with van der Waals surface area (Å²) in [5, 5.41) is 0. The maximum Gasteiger partial charge on any atom is 0.165 e. The summed E-state index contributed by atoms with van der Waals surface area (Å²) in [6.45, 7) is 0. The van der Waals surface area contributed by atoms with Crippen LogP contribution in [-0.4, -0.2) is 0 Å². The minimum atomic E-state index is 0.946. The molecule has 1 nitrogen and oxygen atoms in total. The maximum absolute atomic E-state index is 5.06. The summed E-state index contributed by atoms with van der Waals surface area (Å²) >= 11 is 4.26. The standard InChI is InChI=1S/C4H2I2O/c5-3-1-2-4(6)7-3/h1-2H. The van der Waals surface area contributed by atoms with E-state index in [1.54, 1.807) is 0 Å². The van der Waals surface area contributed by atoms with E-state index in [4.69, 9.17) is 4.42 Å². The molecule has 0 amide bonds. The van der Waals surface area contributed by atoms with E-state index in [0.29, 0.717) is 0 Å². The van der Waals surface area contributed by atoms with E-state index in [1.807, 2.05) is 12.1 Å². The molecule has 0 radical (unpaired) electrons. The zero-order valence-corrected chi connectivity index (χ0v) is 7.63. The molecule has 1 heterocycles. The molecule has 0 atom stereocenters. The van der Waals surface area contributed by atoms with Crippen molar-refractivity contribution in [3.05, 3.63) is 19.7 Å². The largest absolute Gasteiger partial charge is 0.445 e. The van der Waals surface area contributed by atoms with Crippen LogP contribution < -0.4 is 0 Å². The van der Waals surface area contributed by atoms with E-state index in [1.165, 1.54) is 0 Å². The van der Waals surface area contributed by atoms with Gasteiger partial charge in [0.15, 0.2) is 7.53 Å². The Morgan fingerprint density at radius 3 is 1.71 bits per heavy atom. The van der Waals surface area contributed by atoms with Gasteiger partial charge in [-0.2, -0.15) is 0 Å². The summed E-state index contributed by atoms with van der Waals surface area (Å²) in [4.78, 5) is 0. The third kappa shape index (κ3) is 1.60. The van der Waals surface area contributed by atoms with E-state index in [2.05, 4.69) is 45.2 Å². The third-order valence-electron chi connectivity index (χ3n) is 0.540. The molecule has 1 aromatic rings. The molecule has 0 aliphatic rings. The number of hydrogen-bond donors (Lipinski definition) is 0. The minimum Gasteiger partial charge on any atom is -0.445 e. The van der Waals surface area contributed by atoms with Gasteiger partial charge in [-0.15, -0.1) is 0 Å². The predicted octanol–water partition coefficient (Wildman–Crippen LogP) is 2.49. The number of hydrogen-bond acceptors (Lipinski definition) is 1. The van der Waals surface area contributed by atoms with Crippen LogP contribution in [0.3, 0.4) is 0 Å². The van der Waals surface area contributed by atoms with Crippen LogP contribution >= 0.6 is 45.2 Å². The van der Waals surface area contributed by atoms with E-state index < -0.39 is 0 Å². The second-order valence-corrected chi connectivity index (χ2v) is 3.17. The van der Waals surface area contributed by atoms with Crippen molar-refractivity contribution in [3.63, 3.8) is 0 Å². The maximum atomic E-state index is 5.06.